The quantitative estimate of drug-likeness (QED) is 0.691. The molecule has 1 aromatic heterocycles. The van der Waals surface area contributed by atoms with E-state index in [9.17, 15) is 14.0 Å². The van der Waals surface area contributed by atoms with E-state index in [4.69, 9.17) is 5.11 Å². The van der Waals surface area contributed by atoms with Crippen LogP contribution < -0.4 is 5.56 Å². The second-order valence-electron chi connectivity index (χ2n) is 5.56. The minimum Gasteiger partial charge on any atom is -0.478 e. The molecule has 0 fully saturated rings. The molecule has 0 radical (unpaired) electrons. The molecule has 1 N–H and O–H groups in total. The van der Waals surface area contributed by atoms with Gasteiger partial charge in [0, 0.05) is 6.54 Å². The summed E-state index contributed by atoms with van der Waals surface area (Å²) < 4.78 is 15.2. The molecule has 0 saturated heterocycles. The van der Waals surface area contributed by atoms with Crippen LogP contribution in [0.3, 0.4) is 0 Å². The van der Waals surface area contributed by atoms with Gasteiger partial charge >= 0.3 is 5.97 Å². The number of benzene rings is 2. The summed E-state index contributed by atoms with van der Waals surface area (Å²) >= 11 is 3.12. The van der Waals surface area contributed by atoms with E-state index in [0.717, 1.165) is 0 Å². The number of fused-ring (bicyclic) bond motifs is 1. The minimum atomic E-state index is -1.06. The third-order valence-electron chi connectivity index (χ3n) is 3.91. The summed E-state index contributed by atoms with van der Waals surface area (Å²) in [5, 5.41) is 9.15. The van der Waals surface area contributed by atoms with Crippen LogP contribution in [0.4, 0.5) is 4.39 Å². The first kappa shape index (κ1) is 18.0. The molecule has 0 aliphatic heterocycles. The van der Waals surface area contributed by atoms with E-state index in [1.165, 1.54) is 22.8 Å². The van der Waals surface area contributed by atoms with Crippen molar-refractivity contribution in [2.24, 2.45) is 0 Å². The molecule has 0 bridgehead atoms. The molecular weight excluding hydrogens is 403 g/mol. The first-order chi connectivity index (χ1) is 12.4. The fourth-order valence-corrected chi connectivity index (χ4v) is 3.01. The van der Waals surface area contributed by atoms with Crippen molar-refractivity contribution in [1.29, 1.82) is 0 Å². The van der Waals surface area contributed by atoms with Gasteiger partial charge in [-0.2, -0.15) is 0 Å². The molecule has 3 rings (SSSR count). The van der Waals surface area contributed by atoms with Crippen molar-refractivity contribution in [2.75, 3.05) is 0 Å². The highest BCUT2D eigenvalue weighted by Gasteiger charge is 2.11. The van der Waals surface area contributed by atoms with Gasteiger partial charge in [0.15, 0.2) is 0 Å². The maximum absolute atomic E-state index is 13.3. The highest BCUT2D eigenvalue weighted by atomic mass is 79.9. The van der Waals surface area contributed by atoms with E-state index in [-0.39, 0.29) is 22.6 Å². The predicted octanol–water partition coefficient (Wildman–Crippen LogP) is 4.19. The summed E-state index contributed by atoms with van der Waals surface area (Å²) in [6.07, 6.45) is 3.20. The van der Waals surface area contributed by atoms with Gasteiger partial charge in [0.05, 0.1) is 21.1 Å². The molecule has 1 heterocycles. The van der Waals surface area contributed by atoms with Crippen molar-refractivity contribution in [2.45, 2.75) is 13.5 Å². The van der Waals surface area contributed by atoms with Gasteiger partial charge < -0.3 is 9.67 Å². The van der Waals surface area contributed by atoms with Crippen LogP contribution in [0.15, 0.2) is 45.7 Å². The maximum atomic E-state index is 13.3. The molecule has 2 aromatic carbocycles. The summed E-state index contributed by atoms with van der Waals surface area (Å²) in [5.41, 5.74) is 1.70. The van der Waals surface area contributed by atoms with Gasteiger partial charge in [0.25, 0.3) is 5.56 Å². The number of nitrogens with zero attached hydrogens (tertiary/aromatic N) is 2. The van der Waals surface area contributed by atoms with Crippen molar-refractivity contribution in [3.05, 3.63) is 73.9 Å². The van der Waals surface area contributed by atoms with Crippen molar-refractivity contribution in [3.63, 3.8) is 0 Å². The van der Waals surface area contributed by atoms with Crippen LogP contribution in [0.5, 0.6) is 0 Å². The molecular formula is C19H14BrFN2O3. The molecule has 0 amide bonds. The molecule has 0 aliphatic rings. The second kappa shape index (κ2) is 7.21. The van der Waals surface area contributed by atoms with Gasteiger partial charge in [0.1, 0.15) is 11.5 Å². The van der Waals surface area contributed by atoms with Gasteiger partial charge in [-0.25, -0.2) is 14.2 Å². The molecule has 5 nitrogen and oxygen atoms in total. The third-order valence-corrected chi connectivity index (χ3v) is 4.52. The normalized spacial score (nSPS) is 11.3. The highest BCUT2D eigenvalue weighted by Crippen LogP contribution is 2.19. The zero-order valence-electron chi connectivity index (χ0n) is 13.7. The van der Waals surface area contributed by atoms with E-state index in [1.54, 1.807) is 30.4 Å². The Labute approximate surface area is 156 Å². The first-order valence-electron chi connectivity index (χ1n) is 7.81. The lowest BCUT2D eigenvalue weighted by Crippen LogP contribution is -2.23. The second-order valence-corrected chi connectivity index (χ2v) is 6.42. The van der Waals surface area contributed by atoms with Crippen molar-refractivity contribution in [1.82, 2.24) is 9.55 Å². The number of carbonyl (C=O) groups is 1. The zero-order valence-corrected chi connectivity index (χ0v) is 15.3. The Morgan fingerprint density at radius 1 is 1.27 bits per heavy atom. The smallest absolute Gasteiger partial charge is 0.335 e. The summed E-state index contributed by atoms with van der Waals surface area (Å²) in [5.74, 6) is -1.43. The van der Waals surface area contributed by atoms with Crippen LogP contribution in [-0.2, 0) is 6.54 Å². The topological polar surface area (TPSA) is 72.2 Å². The third kappa shape index (κ3) is 3.43. The molecule has 0 atom stereocenters. The molecule has 7 heteroatoms. The lowest BCUT2D eigenvalue weighted by molar-refractivity contribution is 0.0697. The summed E-state index contributed by atoms with van der Waals surface area (Å²) in [6.45, 7) is 2.25. The Bertz CT molecular complexity index is 1110. The van der Waals surface area contributed by atoms with Crippen LogP contribution in [0.2, 0.25) is 0 Å². The van der Waals surface area contributed by atoms with Crippen molar-refractivity contribution in [3.8, 4) is 0 Å². The monoisotopic (exact) mass is 416 g/mol. The number of aromatic carboxylic acids is 1. The average Bonchev–Trinajstić information content (AvgIpc) is 2.62. The molecule has 0 aliphatic carbocycles. The fourth-order valence-electron chi connectivity index (χ4n) is 2.61. The van der Waals surface area contributed by atoms with E-state index in [2.05, 4.69) is 20.9 Å². The van der Waals surface area contributed by atoms with Crippen LogP contribution in [0.25, 0.3) is 23.2 Å². The minimum absolute atomic E-state index is 0.101. The van der Waals surface area contributed by atoms with Gasteiger partial charge in [-0.15, -0.1) is 0 Å². The Hall–Kier alpha value is -2.80. The van der Waals surface area contributed by atoms with Gasteiger partial charge in [0.2, 0.25) is 0 Å². The zero-order chi connectivity index (χ0) is 18.8. The summed E-state index contributed by atoms with van der Waals surface area (Å²) in [7, 11) is 0. The number of hydrogen-bond donors (Lipinski definition) is 1. The molecule has 3 aromatic rings. The molecule has 26 heavy (non-hydrogen) atoms. The molecule has 0 saturated carbocycles. The van der Waals surface area contributed by atoms with E-state index in [1.807, 2.05) is 6.92 Å². The van der Waals surface area contributed by atoms with Crippen LogP contribution in [0.1, 0.15) is 28.5 Å². The fraction of sp³-hybridized carbons (Fsp3) is 0.105. The van der Waals surface area contributed by atoms with E-state index >= 15 is 0 Å². The van der Waals surface area contributed by atoms with Crippen LogP contribution >= 0.6 is 15.9 Å². The van der Waals surface area contributed by atoms with E-state index in [0.29, 0.717) is 27.6 Å². The van der Waals surface area contributed by atoms with Crippen LogP contribution in [0, 0.1) is 5.82 Å². The predicted molar refractivity (Wildman–Crippen MR) is 102 cm³/mol. The Balaban J connectivity index is 2.13. The maximum Gasteiger partial charge on any atom is 0.335 e. The number of carboxylic acids is 1. The number of halogens is 2. The largest absolute Gasteiger partial charge is 0.478 e. The van der Waals surface area contributed by atoms with Gasteiger partial charge in [-0.05, 0) is 64.8 Å². The first-order valence-corrected chi connectivity index (χ1v) is 8.61. The highest BCUT2D eigenvalue weighted by molar-refractivity contribution is 9.10. The number of aromatic nitrogens is 2. The molecule has 0 spiro atoms. The van der Waals surface area contributed by atoms with Crippen molar-refractivity contribution >= 4 is 45.1 Å². The number of hydrogen-bond acceptors (Lipinski definition) is 3. The Morgan fingerprint density at radius 2 is 2.04 bits per heavy atom. The number of carboxylic acid groups (broad SMARTS) is 1. The van der Waals surface area contributed by atoms with Crippen LogP contribution in [-0.4, -0.2) is 20.6 Å². The summed E-state index contributed by atoms with van der Waals surface area (Å²) in [6, 6.07) is 8.97. The van der Waals surface area contributed by atoms with Crippen molar-refractivity contribution < 1.29 is 14.3 Å². The molecule has 0 unspecified atom stereocenters. The molecule has 132 valence electrons. The Kier molecular flexibility index (Phi) is 4.99. The summed E-state index contributed by atoms with van der Waals surface area (Å²) in [4.78, 5) is 28.1. The van der Waals surface area contributed by atoms with Gasteiger partial charge in [-0.1, -0.05) is 12.1 Å². The number of rotatable bonds is 4. The average molecular weight is 417 g/mol. The van der Waals surface area contributed by atoms with E-state index < -0.39 is 5.97 Å². The Morgan fingerprint density at radius 3 is 2.69 bits per heavy atom. The lowest BCUT2D eigenvalue weighted by atomic mass is 10.1. The van der Waals surface area contributed by atoms with Gasteiger partial charge in [-0.3, -0.25) is 4.79 Å². The standard InChI is InChI=1S/C19H14BrFN2O3/c1-2-23-17-8-5-12(19(25)26)10-16(17)22-15(18(23)24)7-4-11-3-6-14(21)13(20)9-11/h3-10H,2H2,1H3,(H,25,26). The number of aryl methyl sites for hydroxylation is 1. The SMILES string of the molecule is CCn1c(=O)c(C=Cc2ccc(F)c(Br)c2)nc2cc(C(=O)O)ccc21. The lowest BCUT2D eigenvalue weighted by Gasteiger charge is -2.09.